The summed E-state index contributed by atoms with van der Waals surface area (Å²) in [5.41, 5.74) is -0.0128. The number of hydrogen-bond donors (Lipinski definition) is 4. The lowest BCUT2D eigenvalue weighted by Crippen LogP contribution is -2.48. The third-order valence-electron chi connectivity index (χ3n) is 5.37. The maximum atomic E-state index is 12.2. The van der Waals surface area contributed by atoms with Crippen LogP contribution in [0.1, 0.15) is 32.1 Å². The van der Waals surface area contributed by atoms with Crippen molar-refractivity contribution in [3.05, 3.63) is 21.6 Å². The zero-order valence-corrected chi connectivity index (χ0v) is 17.8. The molecule has 1 atom stereocenters. The van der Waals surface area contributed by atoms with Gasteiger partial charge >= 0.3 is 18.3 Å². The zero-order chi connectivity index (χ0) is 23.3. The van der Waals surface area contributed by atoms with Gasteiger partial charge in [-0.05, 0) is 25.7 Å². The van der Waals surface area contributed by atoms with Crippen molar-refractivity contribution >= 4 is 29.4 Å². The van der Waals surface area contributed by atoms with Gasteiger partial charge in [-0.2, -0.15) is 18.3 Å². The number of ether oxygens (including phenoxy) is 1. The predicted octanol–water partition coefficient (Wildman–Crippen LogP) is 1.90. The van der Waals surface area contributed by atoms with Crippen LogP contribution in [0.15, 0.2) is 11.0 Å². The average molecular weight is 481 g/mol. The highest BCUT2D eigenvalue weighted by Crippen LogP contribution is 2.26. The van der Waals surface area contributed by atoms with Gasteiger partial charge in [0.15, 0.2) is 0 Å². The van der Waals surface area contributed by atoms with Gasteiger partial charge in [-0.15, -0.1) is 0 Å². The van der Waals surface area contributed by atoms with Gasteiger partial charge in [-0.1, -0.05) is 11.6 Å². The van der Waals surface area contributed by atoms with Crippen LogP contribution in [0.5, 0.6) is 0 Å². The molecule has 2 heterocycles. The number of aromatic amines is 1. The highest BCUT2D eigenvalue weighted by atomic mass is 35.5. The third kappa shape index (κ3) is 6.90. The molecule has 1 saturated carbocycles. The number of alkyl carbamates (subject to hydrolysis) is 1. The first kappa shape index (κ1) is 24.0. The lowest BCUT2D eigenvalue weighted by Gasteiger charge is -2.29. The standard InChI is InChI=1S/C18H24ClF3N6O4/c19-14-13(7-24-27-15(14)29)28-6-5-12(8-28)32-17(31)26-11-3-1-10(2-4-11)25-16(30)23-9-18(20,21)22/h7,10-12H,1-6,8-9H2,(H,26,31)(H,27,29)(H2,23,25,30)/t10-,11-,12-/m1/s1. The molecule has 1 aliphatic carbocycles. The lowest BCUT2D eigenvalue weighted by molar-refractivity contribution is -0.122. The number of carbonyl (C=O) groups is 2. The molecule has 3 amide bonds. The fourth-order valence-electron chi connectivity index (χ4n) is 3.79. The Balaban J connectivity index is 1.36. The number of urea groups is 1. The fraction of sp³-hybridized carbons (Fsp3) is 0.667. The van der Waals surface area contributed by atoms with E-state index in [9.17, 15) is 27.6 Å². The third-order valence-corrected chi connectivity index (χ3v) is 5.74. The van der Waals surface area contributed by atoms with E-state index in [1.165, 1.54) is 6.20 Å². The van der Waals surface area contributed by atoms with Crippen molar-refractivity contribution in [1.82, 2.24) is 26.1 Å². The number of rotatable bonds is 5. The summed E-state index contributed by atoms with van der Waals surface area (Å²) in [6, 6.07) is -1.27. The summed E-state index contributed by atoms with van der Waals surface area (Å²) in [6.07, 6.45) is -1.22. The van der Waals surface area contributed by atoms with Crippen LogP contribution in [0.25, 0.3) is 0 Å². The van der Waals surface area contributed by atoms with E-state index in [0.29, 0.717) is 50.9 Å². The van der Waals surface area contributed by atoms with E-state index in [2.05, 4.69) is 20.8 Å². The minimum atomic E-state index is -4.46. The van der Waals surface area contributed by atoms with Crippen LogP contribution >= 0.6 is 11.6 Å². The van der Waals surface area contributed by atoms with Crippen molar-refractivity contribution in [1.29, 1.82) is 0 Å². The maximum Gasteiger partial charge on any atom is 0.407 e. The Hall–Kier alpha value is -2.70. The second-order valence-electron chi connectivity index (χ2n) is 7.80. The van der Waals surface area contributed by atoms with Crippen LogP contribution in [-0.2, 0) is 4.74 Å². The highest BCUT2D eigenvalue weighted by molar-refractivity contribution is 6.33. The Bertz CT molecular complexity index is 875. The van der Waals surface area contributed by atoms with E-state index in [-0.39, 0.29) is 23.2 Å². The van der Waals surface area contributed by atoms with Gasteiger partial charge in [0.2, 0.25) is 0 Å². The second-order valence-corrected chi connectivity index (χ2v) is 8.17. The van der Waals surface area contributed by atoms with Gasteiger partial charge in [0.25, 0.3) is 5.56 Å². The minimum absolute atomic E-state index is 0.0301. The first-order valence-corrected chi connectivity index (χ1v) is 10.5. The molecule has 0 bridgehead atoms. The van der Waals surface area contributed by atoms with Gasteiger partial charge in [0.05, 0.1) is 18.4 Å². The molecular weight excluding hydrogens is 457 g/mol. The first-order valence-electron chi connectivity index (χ1n) is 10.2. The Morgan fingerprint density at radius 3 is 2.50 bits per heavy atom. The molecule has 1 aliphatic heterocycles. The summed E-state index contributed by atoms with van der Waals surface area (Å²) in [4.78, 5) is 37.2. The Morgan fingerprint density at radius 2 is 1.84 bits per heavy atom. The number of alkyl halides is 3. The van der Waals surface area contributed by atoms with Gasteiger partial charge in [-0.25, -0.2) is 14.7 Å². The smallest absolute Gasteiger partial charge is 0.407 e. The SMILES string of the molecule is O=C(NCC(F)(F)F)N[C@H]1CC[C@H](NC(=O)O[C@@H]2CCN(c3cn[nH]c(=O)c3Cl)C2)CC1. The lowest BCUT2D eigenvalue weighted by atomic mass is 9.91. The van der Waals surface area contributed by atoms with E-state index in [1.54, 1.807) is 5.32 Å². The molecule has 10 nitrogen and oxygen atoms in total. The molecule has 1 saturated heterocycles. The molecule has 1 aromatic heterocycles. The molecule has 14 heteroatoms. The molecule has 4 N–H and O–H groups in total. The maximum absolute atomic E-state index is 12.2. The molecule has 178 valence electrons. The summed E-state index contributed by atoms with van der Waals surface area (Å²) in [7, 11) is 0. The van der Waals surface area contributed by atoms with E-state index >= 15 is 0 Å². The van der Waals surface area contributed by atoms with Gasteiger partial charge in [0, 0.05) is 25.0 Å². The van der Waals surface area contributed by atoms with Crippen LogP contribution in [0.4, 0.5) is 28.4 Å². The number of amides is 3. The number of halogens is 4. The van der Waals surface area contributed by atoms with Crippen molar-refractivity contribution in [3.63, 3.8) is 0 Å². The summed E-state index contributed by atoms with van der Waals surface area (Å²) < 4.78 is 41.9. The van der Waals surface area contributed by atoms with E-state index < -0.39 is 30.4 Å². The zero-order valence-electron chi connectivity index (χ0n) is 17.0. The number of aromatic nitrogens is 2. The second kappa shape index (κ2) is 10.3. The summed E-state index contributed by atoms with van der Waals surface area (Å²) >= 11 is 6.01. The van der Waals surface area contributed by atoms with Crippen LogP contribution in [-0.4, -0.2) is 66.3 Å². The summed E-state index contributed by atoms with van der Waals surface area (Å²) in [5.74, 6) is 0. The van der Waals surface area contributed by atoms with Crippen molar-refractivity contribution in [2.45, 2.75) is 56.5 Å². The average Bonchev–Trinajstić information content (AvgIpc) is 3.17. The molecule has 0 aromatic carbocycles. The van der Waals surface area contributed by atoms with E-state index in [4.69, 9.17) is 16.3 Å². The number of nitrogens with one attached hydrogen (secondary N) is 4. The molecular formula is C18H24ClF3N6O4. The molecule has 0 spiro atoms. The largest absolute Gasteiger partial charge is 0.444 e. The van der Waals surface area contributed by atoms with Crippen LogP contribution in [0, 0.1) is 0 Å². The monoisotopic (exact) mass is 480 g/mol. The summed E-state index contributed by atoms with van der Waals surface area (Å²) in [5, 5.41) is 13.1. The number of anilines is 1. The minimum Gasteiger partial charge on any atom is -0.444 e. The normalized spacial score (nSPS) is 23.5. The topological polar surface area (TPSA) is 128 Å². The van der Waals surface area contributed by atoms with E-state index in [1.807, 2.05) is 4.90 Å². The molecule has 3 rings (SSSR count). The van der Waals surface area contributed by atoms with Crippen LogP contribution in [0.3, 0.4) is 0 Å². The number of hydrogen-bond acceptors (Lipinski definition) is 6. The van der Waals surface area contributed by atoms with Crippen molar-refractivity contribution in [2.75, 3.05) is 24.5 Å². The molecule has 2 aliphatic rings. The van der Waals surface area contributed by atoms with Crippen LogP contribution < -0.4 is 26.4 Å². The number of H-pyrrole nitrogens is 1. The molecule has 0 unspecified atom stereocenters. The van der Waals surface area contributed by atoms with Crippen LogP contribution in [0.2, 0.25) is 5.02 Å². The first-order chi connectivity index (χ1) is 15.1. The molecule has 0 radical (unpaired) electrons. The predicted molar refractivity (Wildman–Crippen MR) is 109 cm³/mol. The molecule has 1 aromatic rings. The Kier molecular flexibility index (Phi) is 7.69. The molecule has 32 heavy (non-hydrogen) atoms. The van der Waals surface area contributed by atoms with Crippen molar-refractivity contribution in [2.24, 2.45) is 0 Å². The Labute approximate surface area is 186 Å². The fourth-order valence-corrected chi connectivity index (χ4v) is 4.00. The number of nitrogens with zero attached hydrogens (tertiary/aromatic N) is 2. The van der Waals surface area contributed by atoms with E-state index in [0.717, 1.165) is 0 Å². The quantitative estimate of drug-likeness (QED) is 0.509. The van der Waals surface area contributed by atoms with Gasteiger partial charge in [-0.3, -0.25) is 4.79 Å². The highest BCUT2D eigenvalue weighted by Gasteiger charge is 2.31. The summed E-state index contributed by atoms with van der Waals surface area (Å²) in [6.45, 7) is -0.457. The van der Waals surface area contributed by atoms with Crippen molar-refractivity contribution in [3.8, 4) is 0 Å². The molecule has 2 fully saturated rings. The van der Waals surface area contributed by atoms with Gasteiger partial charge in [0.1, 0.15) is 17.7 Å². The number of carbonyl (C=O) groups excluding carboxylic acids is 2. The van der Waals surface area contributed by atoms with Crippen molar-refractivity contribution < 1.29 is 27.5 Å². The Morgan fingerprint density at radius 1 is 1.19 bits per heavy atom. The van der Waals surface area contributed by atoms with Gasteiger partial charge < -0.3 is 25.6 Å².